The van der Waals surface area contributed by atoms with Gasteiger partial charge in [-0.3, -0.25) is 14.9 Å². The number of benzene rings is 1. The Labute approximate surface area is 139 Å². The highest BCUT2D eigenvalue weighted by molar-refractivity contribution is 8.18. The van der Waals surface area contributed by atoms with Gasteiger partial charge in [0.25, 0.3) is 11.1 Å². The average molecular weight is 339 g/mol. The molecule has 0 radical (unpaired) electrons. The Hall–Kier alpha value is -2.51. The van der Waals surface area contributed by atoms with E-state index in [9.17, 15) is 9.59 Å². The molecule has 3 heterocycles. The molecule has 1 saturated heterocycles. The minimum atomic E-state index is -0.359. The molecule has 23 heavy (non-hydrogen) atoms. The highest BCUT2D eigenvalue weighted by Gasteiger charge is 2.24. The number of carbonyl (C=O) groups is 2. The molecule has 0 spiro atoms. The minimum Gasteiger partial charge on any atom is -0.282 e. The molecular formula is C16H9N3O2S2. The van der Waals surface area contributed by atoms with Crippen molar-refractivity contribution in [3.63, 3.8) is 0 Å². The molecule has 112 valence electrons. The number of nitrogens with one attached hydrogen (secondary N) is 1. The average Bonchev–Trinajstić information content (AvgIpc) is 3.17. The summed E-state index contributed by atoms with van der Waals surface area (Å²) in [4.78, 5) is 32.0. The molecule has 4 rings (SSSR count). The fourth-order valence-electron chi connectivity index (χ4n) is 2.37. The van der Waals surface area contributed by atoms with Gasteiger partial charge in [0.05, 0.1) is 16.1 Å². The van der Waals surface area contributed by atoms with Gasteiger partial charge in [0.15, 0.2) is 0 Å². The predicted molar refractivity (Wildman–Crippen MR) is 92.0 cm³/mol. The first-order chi connectivity index (χ1) is 11.2. The van der Waals surface area contributed by atoms with E-state index >= 15 is 0 Å². The minimum absolute atomic E-state index is 0.343. The molecular weight excluding hydrogens is 330 g/mol. The van der Waals surface area contributed by atoms with Crippen LogP contribution in [0, 0.1) is 0 Å². The zero-order chi connectivity index (χ0) is 15.8. The van der Waals surface area contributed by atoms with Crippen LogP contribution >= 0.6 is 23.1 Å². The number of hydrogen-bond acceptors (Lipinski definition) is 6. The second-order valence-corrected chi connectivity index (χ2v) is 6.66. The molecule has 0 bridgehead atoms. The van der Waals surface area contributed by atoms with Crippen LogP contribution in [-0.2, 0) is 4.79 Å². The van der Waals surface area contributed by atoms with Gasteiger partial charge in [-0.1, -0.05) is 6.07 Å². The van der Waals surface area contributed by atoms with Crippen LogP contribution < -0.4 is 5.32 Å². The first-order valence-corrected chi connectivity index (χ1v) is 8.49. The molecule has 1 aromatic carbocycles. The molecule has 0 aliphatic carbocycles. The van der Waals surface area contributed by atoms with Crippen molar-refractivity contribution in [3.8, 4) is 11.3 Å². The molecule has 1 aliphatic heterocycles. The summed E-state index contributed by atoms with van der Waals surface area (Å²) in [6.45, 7) is 0. The Balaban J connectivity index is 1.84. The van der Waals surface area contributed by atoms with E-state index in [1.54, 1.807) is 23.7 Å². The Kier molecular flexibility index (Phi) is 3.44. The Bertz CT molecular complexity index is 965. The van der Waals surface area contributed by atoms with Crippen molar-refractivity contribution in [2.75, 3.05) is 0 Å². The standard InChI is InChI=1S/C16H9N3O2S2/c20-15-13(23-16(21)19-15)6-9-1-2-12-11(5-9)14(18-8-17-12)10-3-4-22-7-10/h1-8H,(H,19,20,21)/b13-6-. The highest BCUT2D eigenvalue weighted by Crippen LogP contribution is 2.30. The molecule has 1 N–H and O–H groups in total. The lowest BCUT2D eigenvalue weighted by Crippen LogP contribution is -2.17. The lowest BCUT2D eigenvalue weighted by Gasteiger charge is -2.04. The van der Waals surface area contributed by atoms with E-state index in [0.29, 0.717) is 4.91 Å². The highest BCUT2D eigenvalue weighted by atomic mass is 32.2. The van der Waals surface area contributed by atoms with Crippen LogP contribution in [-0.4, -0.2) is 21.1 Å². The number of carbonyl (C=O) groups excluding carboxylic acids is 2. The number of fused-ring (bicyclic) bond motifs is 1. The number of amides is 2. The quantitative estimate of drug-likeness (QED) is 0.721. The fraction of sp³-hybridized carbons (Fsp3) is 0. The third-order valence-corrected chi connectivity index (χ3v) is 4.89. The number of hydrogen-bond donors (Lipinski definition) is 1. The summed E-state index contributed by atoms with van der Waals surface area (Å²) in [7, 11) is 0. The maximum absolute atomic E-state index is 11.7. The van der Waals surface area contributed by atoms with Gasteiger partial charge in [-0.15, -0.1) is 0 Å². The molecule has 0 saturated carbocycles. The summed E-state index contributed by atoms with van der Waals surface area (Å²) < 4.78 is 0. The Morgan fingerprint density at radius 3 is 2.78 bits per heavy atom. The summed E-state index contributed by atoms with van der Waals surface area (Å²) in [5, 5.41) is 6.85. The van der Waals surface area contributed by atoms with Crippen LogP contribution in [0.2, 0.25) is 0 Å². The molecule has 3 aromatic rings. The maximum Gasteiger partial charge on any atom is 0.290 e. The van der Waals surface area contributed by atoms with Crippen LogP contribution in [0.5, 0.6) is 0 Å². The Morgan fingerprint density at radius 2 is 2.04 bits per heavy atom. The second kappa shape index (κ2) is 5.60. The van der Waals surface area contributed by atoms with E-state index in [0.717, 1.165) is 39.5 Å². The van der Waals surface area contributed by atoms with E-state index in [2.05, 4.69) is 15.3 Å². The SMILES string of the molecule is O=C1NC(=O)/C(=C/c2ccc3ncnc(-c4ccsc4)c3c2)S1. The monoisotopic (exact) mass is 339 g/mol. The van der Waals surface area contributed by atoms with E-state index in [1.165, 1.54) is 0 Å². The number of imide groups is 1. The number of nitrogens with zero attached hydrogens (tertiary/aromatic N) is 2. The normalized spacial score (nSPS) is 16.3. The van der Waals surface area contributed by atoms with E-state index in [1.807, 2.05) is 35.0 Å². The summed E-state index contributed by atoms with van der Waals surface area (Å²) in [5.74, 6) is -0.359. The fourth-order valence-corrected chi connectivity index (χ4v) is 3.69. The number of aromatic nitrogens is 2. The van der Waals surface area contributed by atoms with Crippen molar-refractivity contribution < 1.29 is 9.59 Å². The zero-order valence-corrected chi connectivity index (χ0v) is 13.3. The Morgan fingerprint density at radius 1 is 1.13 bits per heavy atom. The summed E-state index contributed by atoms with van der Waals surface area (Å²) in [5.41, 5.74) is 3.56. The van der Waals surface area contributed by atoms with Gasteiger partial charge in [0, 0.05) is 16.3 Å². The van der Waals surface area contributed by atoms with Gasteiger partial charge in [0.2, 0.25) is 0 Å². The van der Waals surface area contributed by atoms with Gasteiger partial charge in [-0.2, -0.15) is 11.3 Å². The van der Waals surface area contributed by atoms with E-state index in [-0.39, 0.29) is 11.1 Å². The van der Waals surface area contributed by atoms with Crippen LogP contribution in [0.15, 0.2) is 46.3 Å². The molecule has 2 amide bonds. The summed E-state index contributed by atoms with van der Waals surface area (Å²) >= 11 is 2.52. The van der Waals surface area contributed by atoms with Crippen molar-refractivity contribution >= 4 is 51.2 Å². The third kappa shape index (κ3) is 2.64. The maximum atomic E-state index is 11.7. The van der Waals surface area contributed by atoms with Crippen molar-refractivity contribution in [1.29, 1.82) is 0 Å². The number of thiophene rings is 1. The van der Waals surface area contributed by atoms with E-state index in [4.69, 9.17) is 0 Å². The van der Waals surface area contributed by atoms with E-state index < -0.39 is 0 Å². The summed E-state index contributed by atoms with van der Waals surface area (Å²) in [6.07, 6.45) is 3.25. The van der Waals surface area contributed by atoms with Crippen LogP contribution in [0.4, 0.5) is 4.79 Å². The van der Waals surface area contributed by atoms with Gasteiger partial charge >= 0.3 is 0 Å². The third-order valence-electron chi connectivity index (χ3n) is 3.39. The number of thioether (sulfide) groups is 1. The van der Waals surface area contributed by atoms with Crippen LogP contribution in [0.25, 0.3) is 28.2 Å². The molecule has 0 unspecified atom stereocenters. The van der Waals surface area contributed by atoms with Crippen LogP contribution in [0.3, 0.4) is 0 Å². The largest absolute Gasteiger partial charge is 0.290 e. The molecule has 2 aromatic heterocycles. The second-order valence-electron chi connectivity index (χ2n) is 4.86. The van der Waals surface area contributed by atoms with Crippen molar-refractivity contribution in [2.24, 2.45) is 0 Å². The molecule has 5 nitrogen and oxygen atoms in total. The zero-order valence-electron chi connectivity index (χ0n) is 11.6. The van der Waals surface area contributed by atoms with Gasteiger partial charge in [-0.05, 0) is 47.0 Å². The lowest BCUT2D eigenvalue weighted by atomic mass is 10.1. The number of rotatable bonds is 2. The van der Waals surface area contributed by atoms with Gasteiger partial charge < -0.3 is 0 Å². The smallest absolute Gasteiger partial charge is 0.282 e. The molecule has 1 fully saturated rings. The lowest BCUT2D eigenvalue weighted by molar-refractivity contribution is -0.115. The molecule has 0 atom stereocenters. The summed E-state index contributed by atoms with van der Waals surface area (Å²) in [6, 6.07) is 7.71. The van der Waals surface area contributed by atoms with Crippen molar-refractivity contribution in [3.05, 3.63) is 51.8 Å². The first kappa shape index (κ1) is 14.1. The topological polar surface area (TPSA) is 72.0 Å². The van der Waals surface area contributed by atoms with Crippen molar-refractivity contribution in [2.45, 2.75) is 0 Å². The molecule has 7 heteroatoms. The van der Waals surface area contributed by atoms with Crippen LogP contribution in [0.1, 0.15) is 5.56 Å². The first-order valence-electron chi connectivity index (χ1n) is 6.73. The van der Waals surface area contributed by atoms with Gasteiger partial charge in [-0.25, -0.2) is 9.97 Å². The van der Waals surface area contributed by atoms with Crippen molar-refractivity contribution in [1.82, 2.24) is 15.3 Å². The predicted octanol–water partition coefficient (Wildman–Crippen LogP) is 3.68. The molecule has 1 aliphatic rings. The van der Waals surface area contributed by atoms with Gasteiger partial charge in [0.1, 0.15) is 6.33 Å².